The van der Waals surface area contributed by atoms with Crippen molar-refractivity contribution in [1.29, 1.82) is 0 Å². The van der Waals surface area contributed by atoms with E-state index in [-0.39, 0.29) is 0 Å². The van der Waals surface area contributed by atoms with Crippen molar-refractivity contribution in [1.82, 2.24) is 0 Å². The van der Waals surface area contributed by atoms with E-state index in [1.165, 1.54) is 44.1 Å². The Morgan fingerprint density at radius 1 is 1.29 bits per heavy atom. The number of benzene rings is 1. The van der Waals surface area contributed by atoms with Crippen LogP contribution in [0.2, 0.25) is 0 Å². The van der Waals surface area contributed by atoms with Gasteiger partial charge in [0.1, 0.15) is 0 Å². The SMILES string of the molecule is C=CCC(Cc1[c]cccc1)C1CCCCC1. The topological polar surface area (TPSA) is 0 Å². The molecule has 1 unspecified atom stereocenters. The summed E-state index contributed by atoms with van der Waals surface area (Å²) < 4.78 is 0. The smallest absolute Gasteiger partial charge is 0.0149 e. The van der Waals surface area contributed by atoms with Gasteiger partial charge in [0.25, 0.3) is 0 Å². The quantitative estimate of drug-likeness (QED) is 0.634. The third-order valence-corrected chi connectivity index (χ3v) is 4.04. The first-order valence-electron chi connectivity index (χ1n) is 6.96. The van der Waals surface area contributed by atoms with Gasteiger partial charge in [0.2, 0.25) is 0 Å². The highest BCUT2D eigenvalue weighted by atomic mass is 14.3. The molecule has 0 nitrogen and oxygen atoms in total. The van der Waals surface area contributed by atoms with Gasteiger partial charge in [0.05, 0.1) is 0 Å². The number of rotatable bonds is 5. The molecule has 0 heteroatoms. The molecule has 1 saturated carbocycles. The second kappa shape index (κ2) is 6.64. The lowest BCUT2D eigenvalue weighted by Gasteiger charge is -2.29. The summed E-state index contributed by atoms with van der Waals surface area (Å²) >= 11 is 0. The zero-order valence-electron chi connectivity index (χ0n) is 10.7. The molecule has 1 atom stereocenters. The van der Waals surface area contributed by atoms with E-state index in [2.05, 4.69) is 30.9 Å². The van der Waals surface area contributed by atoms with Crippen molar-refractivity contribution in [2.45, 2.75) is 44.9 Å². The van der Waals surface area contributed by atoms with Crippen molar-refractivity contribution in [3.63, 3.8) is 0 Å². The lowest BCUT2D eigenvalue weighted by molar-refractivity contribution is 0.247. The normalized spacial score (nSPS) is 18.8. The van der Waals surface area contributed by atoms with Crippen LogP contribution in [0.5, 0.6) is 0 Å². The Morgan fingerprint density at radius 2 is 2.12 bits per heavy atom. The molecule has 0 saturated heterocycles. The predicted octanol–water partition coefficient (Wildman–Crippen LogP) is 4.80. The fourth-order valence-electron chi connectivity index (χ4n) is 3.10. The highest BCUT2D eigenvalue weighted by Gasteiger charge is 2.22. The zero-order valence-corrected chi connectivity index (χ0v) is 10.7. The van der Waals surface area contributed by atoms with Crippen molar-refractivity contribution in [3.05, 3.63) is 48.6 Å². The summed E-state index contributed by atoms with van der Waals surface area (Å²) in [4.78, 5) is 0. The molecule has 1 aromatic carbocycles. The zero-order chi connectivity index (χ0) is 11.9. The molecule has 1 fully saturated rings. The van der Waals surface area contributed by atoms with Gasteiger partial charge in [0.15, 0.2) is 0 Å². The molecule has 91 valence electrons. The van der Waals surface area contributed by atoms with E-state index in [9.17, 15) is 0 Å². The Morgan fingerprint density at radius 3 is 2.76 bits per heavy atom. The van der Waals surface area contributed by atoms with E-state index in [0.29, 0.717) is 0 Å². The van der Waals surface area contributed by atoms with E-state index in [1.54, 1.807) is 0 Å². The third-order valence-electron chi connectivity index (χ3n) is 4.04. The molecule has 0 N–H and O–H groups in total. The van der Waals surface area contributed by atoms with Crippen molar-refractivity contribution in [3.8, 4) is 0 Å². The third kappa shape index (κ3) is 3.73. The molecule has 1 aliphatic rings. The average molecular weight is 227 g/mol. The molecule has 2 rings (SSSR count). The molecule has 0 heterocycles. The first-order chi connectivity index (χ1) is 8.40. The summed E-state index contributed by atoms with van der Waals surface area (Å²) in [6, 6.07) is 11.8. The maximum Gasteiger partial charge on any atom is -0.0149 e. The average Bonchev–Trinajstić information content (AvgIpc) is 2.40. The van der Waals surface area contributed by atoms with Gasteiger partial charge in [-0.05, 0) is 36.3 Å². The Hall–Kier alpha value is -1.04. The standard InChI is InChI=1S/C17H23/c1-2-9-17(16-12-7-4-8-13-16)14-15-10-5-3-6-11-15/h2-3,5-6,10,16-17H,1,4,7-9,12-14H2. The monoisotopic (exact) mass is 227 g/mol. The second-order valence-corrected chi connectivity index (χ2v) is 5.27. The number of allylic oxidation sites excluding steroid dienone is 1. The Bertz CT molecular complexity index is 319. The highest BCUT2D eigenvalue weighted by Crippen LogP contribution is 2.33. The van der Waals surface area contributed by atoms with Gasteiger partial charge < -0.3 is 0 Å². The molecule has 0 bridgehead atoms. The highest BCUT2D eigenvalue weighted by molar-refractivity contribution is 5.14. The Kier molecular flexibility index (Phi) is 4.85. The van der Waals surface area contributed by atoms with Gasteiger partial charge in [0, 0.05) is 0 Å². The minimum Gasteiger partial charge on any atom is -0.103 e. The Labute approximate surface area is 106 Å². The first-order valence-corrected chi connectivity index (χ1v) is 6.96. The summed E-state index contributed by atoms with van der Waals surface area (Å²) in [5.74, 6) is 1.70. The fraction of sp³-hybridized carbons (Fsp3) is 0.529. The van der Waals surface area contributed by atoms with Gasteiger partial charge in [-0.1, -0.05) is 62.4 Å². The molecule has 17 heavy (non-hydrogen) atoms. The van der Waals surface area contributed by atoms with Crippen LogP contribution in [-0.2, 0) is 6.42 Å². The summed E-state index contributed by atoms with van der Waals surface area (Å²) in [5, 5.41) is 0. The van der Waals surface area contributed by atoms with E-state index in [1.807, 2.05) is 12.1 Å². The van der Waals surface area contributed by atoms with Gasteiger partial charge in [-0.3, -0.25) is 0 Å². The molecule has 1 radical (unpaired) electrons. The summed E-state index contributed by atoms with van der Waals surface area (Å²) in [6.45, 7) is 3.93. The Balaban J connectivity index is 1.98. The van der Waals surface area contributed by atoms with Crippen molar-refractivity contribution in [2.24, 2.45) is 11.8 Å². The van der Waals surface area contributed by atoms with Crippen molar-refractivity contribution < 1.29 is 0 Å². The van der Waals surface area contributed by atoms with Crippen LogP contribution in [0.1, 0.15) is 44.1 Å². The lowest BCUT2D eigenvalue weighted by Crippen LogP contribution is -2.19. The maximum absolute atomic E-state index is 3.93. The number of hydrogen-bond donors (Lipinski definition) is 0. The summed E-state index contributed by atoms with van der Waals surface area (Å²) in [6.07, 6.45) is 11.6. The largest absolute Gasteiger partial charge is 0.103 e. The molecular weight excluding hydrogens is 204 g/mol. The summed E-state index contributed by atoms with van der Waals surface area (Å²) in [7, 11) is 0. The van der Waals surface area contributed by atoms with Gasteiger partial charge in [-0.2, -0.15) is 0 Å². The minimum atomic E-state index is 0.784. The molecule has 0 aliphatic heterocycles. The molecule has 0 amide bonds. The molecule has 0 spiro atoms. The van der Waals surface area contributed by atoms with E-state index in [0.717, 1.165) is 18.3 Å². The van der Waals surface area contributed by atoms with Crippen LogP contribution in [0, 0.1) is 17.9 Å². The van der Waals surface area contributed by atoms with Crippen LogP contribution in [0.3, 0.4) is 0 Å². The van der Waals surface area contributed by atoms with Crippen LogP contribution in [0.25, 0.3) is 0 Å². The summed E-state index contributed by atoms with van der Waals surface area (Å²) in [5.41, 5.74) is 1.37. The first kappa shape index (κ1) is 12.4. The molecule has 1 aliphatic carbocycles. The van der Waals surface area contributed by atoms with Crippen LogP contribution < -0.4 is 0 Å². The van der Waals surface area contributed by atoms with Gasteiger partial charge in [-0.25, -0.2) is 0 Å². The van der Waals surface area contributed by atoms with Crippen LogP contribution in [0.15, 0.2) is 36.9 Å². The van der Waals surface area contributed by atoms with E-state index < -0.39 is 0 Å². The fourth-order valence-corrected chi connectivity index (χ4v) is 3.10. The van der Waals surface area contributed by atoms with Crippen LogP contribution in [0.4, 0.5) is 0 Å². The van der Waals surface area contributed by atoms with Crippen molar-refractivity contribution in [2.75, 3.05) is 0 Å². The van der Waals surface area contributed by atoms with Crippen LogP contribution >= 0.6 is 0 Å². The van der Waals surface area contributed by atoms with Crippen molar-refractivity contribution >= 4 is 0 Å². The van der Waals surface area contributed by atoms with E-state index in [4.69, 9.17) is 0 Å². The van der Waals surface area contributed by atoms with Crippen LogP contribution in [-0.4, -0.2) is 0 Å². The van der Waals surface area contributed by atoms with Gasteiger partial charge >= 0.3 is 0 Å². The predicted molar refractivity (Wildman–Crippen MR) is 73.9 cm³/mol. The second-order valence-electron chi connectivity index (χ2n) is 5.27. The number of hydrogen-bond acceptors (Lipinski definition) is 0. The minimum absolute atomic E-state index is 0.784. The molecule has 1 aromatic rings. The maximum atomic E-state index is 3.93. The van der Waals surface area contributed by atoms with Gasteiger partial charge in [-0.15, -0.1) is 6.58 Å². The molecular formula is C17H23. The van der Waals surface area contributed by atoms with E-state index >= 15 is 0 Å². The lowest BCUT2D eigenvalue weighted by atomic mass is 9.76. The molecule has 0 aromatic heterocycles.